The summed E-state index contributed by atoms with van der Waals surface area (Å²) < 4.78 is 0. The number of nitrogens with one attached hydrogen (secondary N) is 2. The van der Waals surface area contributed by atoms with Crippen molar-refractivity contribution in [1.82, 2.24) is 9.97 Å². The minimum Gasteiger partial charge on any atom is -0.399 e. The molecule has 0 saturated heterocycles. The van der Waals surface area contributed by atoms with Crippen molar-refractivity contribution < 1.29 is 0 Å². The monoisotopic (exact) mass is 280 g/mol. The zero-order valence-corrected chi connectivity index (χ0v) is 12.6. The highest BCUT2D eigenvalue weighted by Gasteiger charge is 2.13. The highest BCUT2D eigenvalue weighted by atomic mass is 15.1. The van der Waals surface area contributed by atoms with Gasteiger partial charge in [0.2, 0.25) is 5.95 Å². The van der Waals surface area contributed by atoms with Crippen LogP contribution >= 0.6 is 0 Å². The van der Waals surface area contributed by atoms with Gasteiger partial charge in [-0.05, 0) is 41.3 Å². The number of aromatic amines is 1. The van der Waals surface area contributed by atoms with Crippen molar-refractivity contribution in [2.75, 3.05) is 11.1 Å². The SMILES string of the molecule is CC(C)(C)c1ccc(Nc2nc3ccc(N)cc3[nH]2)cc1. The molecule has 108 valence electrons. The molecule has 0 aliphatic rings. The molecule has 4 heteroatoms. The van der Waals surface area contributed by atoms with Crippen LogP contribution in [0.15, 0.2) is 42.5 Å². The van der Waals surface area contributed by atoms with E-state index in [9.17, 15) is 0 Å². The fourth-order valence-corrected chi connectivity index (χ4v) is 2.28. The molecule has 0 aliphatic heterocycles. The summed E-state index contributed by atoms with van der Waals surface area (Å²) in [5.41, 5.74) is 10.8. The number of anilines is 3. The number of nitrogens with zero attached hydrogens (tertiary/aromatic N) is 1. The Morgan fingerprint density at radius 2 is 1.76 bits per heavy atom. The van der Waals surface area contributed by atoms with Crippen molar-refractivity contribution in [1.29, 1.82) is 0 Å². The zero-order valence-electron chi connectivity index (χ0n) is 12.6. The van der Waals surface area contributed by atoms with E-state index in [1.54, 1.807) is 0 Å². The third-order valence-electron chi connectivity index (χ3n) is 3.52. The first-order valence-corrected chi connectivity index (χ1v) is 7.05. The van der Waals surface area contributed by atoms with Crippen LogP contribution in [0.2, 0.25) is 0 Å². The molecule has 0 spiro atoms. The van der Waals surface area contributed by atoms with Gasteiger partial charge in [0.15, 0.2) is 0 Å². The Bertz CT molecular complexity index is 764. The van der Waals surface area contributed by atoms with E-state index in [1.165, 1.54) is 5.56 Å². The van der Waals surface area contributed by atoms with E-state index in [4.69, 9.17) is 5.73 Å². The lowest BCUT2D eigenvalue weighted by atomic mass is 9.87. The summed E-state index contributed by atoms with van der Waals surface area (Å²) in [5, 5.41) is 3.28. The predicted octanol–water partition coefficient (Wildman–Crippen LogP) is 4.19. The summed E-state index contributed by atoms with van der Waals surface area (Å²) in [6.07, 6.45) is 0. The first kappa shape index (κ1) is 13.5. The average molecular weight is 280 g/mol. The topological polar surface area (TPSA) is 66.7 Å². The van der Waals surface area contributed by atoms with Gasteiger partial charge in [0, 0.05) is 11.4 Å². The minimum absolute atomic E-state index is 0.162. The number of hydrogen-bond acceptors (Lipinski definition) is 3. The van der Waals surface area contributed by atoms with Crippen molar-refractivity contribution in [2.24, 2.45) is 0 Å². The van der Waals surface area contributed by atoms with Crippen LogP contribution in [0.1, 0.15) is 26.3 Å². The molecule has 0 unspecified atom stereocenters. The van der Waals surface area contributed by atoms with E-state index in [2.05, 4.69) is 60.3 Å². The van der Waals surface area contributed by atoms with Gasteiger partial charge in [-0.2, -0.15) is 0 Å². The number of aromatic nitrogens is 2. The molecule has 0 fully saturated rings. The molecule has 1 aromatic heterocycles. The fraction of sp³-hybridized carbons (Fsp3) is 0.235. The summed E-state index contributed by atoms with van der Waals surface area (Å²) in [5.74, 6) is 0.721. The second-order valence-corrected chi connectivity index (χ2v) is 6.31. The Hall–Kier alpha value is -2.49. The number of imidazole rings is 1. The summed E-state index contributed by atoms with van der Waals surface area (Å²) in [6.45, 7) is 6.62. The quantitative estimate of drug-likeness (QED) is 0.617. The maximum atomic E-state index is 5.77. The molecule has 1 heterocycles. The number of H-pyrrole nitrogens is 1. The fourth-order valence-electron chi connectivity index (χ4n) is 2.28. The third kappa shape index (κ3) is 2.84. The van der Waals surface area contributed by atoms with Gasteiger partial charge in [-0.1, -0.05) is 32.9 Å². The lowest BCUT2D eigenvalue weighted by molar-refractivity contribution is 0.590. The largest absolute Gasteiger partial charge is 0.399 e. The van der Waals surface area contributed by atoms with E-state index in [-0.39, 0.29) is 5.41 Å². The van der Waals surface area contributed by atoms with Crippen molar-refractivity contribution in [3.8, 4) is 0 Å². The first-order valence-electron chi connectivity index (χ1n) is 7.05. The number of rotatable bonds is 2. The number of fused-ring (bicyclic) bond motifs is 1. The van der Waals surface area contributed by atoms with Crippen molar-refractivity contribution >= 4 is 28.4 Å². The second kappa shape index (κ2) is 4.81. The third-order valence-corrected chi connectivity index (χ3v) is 3.52. The molecule has 0 radical (unpaired) electrons. The highest BCUT2D eigenvalue weighted by molar-refractivity contribution is 5.81. The standard InChI is InChI=1S/C17H20N4/c1-17(2,3)11-4-7-13(8-5-11)19-16-20-14-9-6-12(18)10-15(14)21-16/h4-10H,18H2,1-3H3,(H2,19,20,21). The predicted molar refractivity (Wildman–Crippen MR) is 88.9 cm³/mol. The maximum Gasteiger partial charge on any atom is 0.205 e. The van der Waals surface area contributed by atoms with Crippen LogP contribution in [0.25, 0.3) is 11.0 Å². The maximum absolute atomic E-state index is 5.77. The molecule has 4 N–H and O–H groups in total. The summed E-state index contributed by atoms with van der Waals surface area (Å²) in [6, 6.07) is 14.1. The van der Waals surface area contributed by atoms with Gasteiger partial charge in [-0.25, -0.2) is 4.98 Å². The van der Waals surface area contributed by atoms with Gasteiger partial charge in [-0.15, -0.1) is 0 Å². The van der Waals surface area contributed by atoms with Gasteiger partial charge < -0.3 is 16.0 Å². The van der Waals surface area contributed by atoms with Gasteiger partial charge in [0.05, 0.1) is 11.0 Å². The zero-order chi connectivity index (χ0) is 15.0. The Morgan fingerprint density at radius 3 is 2.43 bits per heavy atom. The number of nitrogens with two attached hydrogens (primary N) is 1. The lowest BCUT2D eigenvalue weighted by Crippen LogP contribution is -2.10. The molecule has 0 amide bonds. The lowest BCUT2D eigenvalue weighted by Gasteiger charge is -2.19. The van der Waals surface area contributed by atoms with Crippen LogP contribution in [-0.4, -0.2) is 9.97 Å². The van der Waals surface area contributed by atoms with E-state index in [0.717, 1.165) is 28.4 Å². The number of hydrogen-bond donors (Lipinski definition) is 3. The smallest absolute Gasteiger partial charge is 0.205 e. The van der Waals surface area contributed by atoms with E-state index >= 15 is 0 Å². The average Bonchev–Trinajstić information content (AvgIpc) is 2.79. The Labute approximate surface area is 124 Å². The summed E-state index contributed by atoms with van der Waals surface area (Å²) in [7, 11) is 0. The molecular formula is C17H20N4. The Kier molecular flexibility index (Phi) is 3.09. The molecule has 0 atom stereocenters. The van der Waals surface area contributed by atoms with Gasteiger partial charge in [-0.3, -0.25) is 0 Å². The van der Waals surface area contributed by atoms with Crippen molar-refractivity contribution in [3.05, 3.63) is 48.0 Å². The molecule has 4 nitrogen and oxygen atoms in total. The summed E-state index contributed by atoms with van der Waals surface area (Å²) >= 11 is 0. The number of nitrogen functional groups attached to an aromatic ring is 1. The molecule has 3 aromatic rings. The number of benzene rings is 2. The van der Waals surface area contributed by atoms with Crippen LogP contribution < -0.4 is 11.1 Å². The van der Waals surface area contributed by atoms with E-state index < -0.39 is 0 Å². The highest BCUT2D eigenvalue weighted by Crippen LogP contribution is 2.25. The Morgan fingerprint density at radius 1 is 1.05 bits per heavy atom. The van der Waals surface area contributed by atoms with Gasteiger partial charge >= 0.3 is 0 Å². The van der Waals surface area contributed by atoms with Crippen LogP contribution in [0.4, 0.5) is 17.3 Å². The molecule has 3 rings (SSSR count). The van der Waals surface area contributed by atoms with E-state index in [1.807, 2.05) is 18.2 Å². The van der Waals surface area contributed by atoms with Crippen molar-refractivity contribution in [3.63, 3.8) is 0 Å². The molecular weight excluding hydrogens is 260 g/mol. The normalized spacial score (nSPS) is 11.8. The van der Waals surface area contributed by atoms with Gasteiger partial charge in [0.1, 0.15) is 0 Å². The van der Waals surface area contributed by atoms with Crippen LogP contribution in [0.3, 0.4) is 0 Å². The molecule has 0 aliphatic carbocycles. The first-order chi connectivity index (χ1) is 9.91. The molecule has 0 saturated carbocycles. The molecule has 0 bridgehead atoms. The molecule has 2 aromatic carbocycles. The van der Waals surface area contributed by atoms with Gasteiger partial charge in [0.25, 0.3) is 0 Å². The Balaban J connectivity index is 1.84. The van der Waals surface area contributed by atoms with Crippen LogP contribution in [-0.2, 0) is 5.41 Å². The molecule has 21 heavy (non-hydrogen) atoms. The van der Waals surface area contributed by atoms with Crippen molar-refractivity contribution in [2.45, 2.75) is 26.2 Å². The van der Waals surface area contributed by atoms with E-state index in [0.29, 0.717) is 0 Å². The van der Waals surface area contributed by atoms with Crippen LogP contribution in [0, 0.1) is 0 Å². The summed E-state index contributed by atoms with van der Waals surface area (Å²) in [4.78, 5) is 7.73. The second-order valence-electron chi connectivity index (χ2n) is 6.31. The van der Waals surface area contributed by atoms with Crippen LogP contribution in [0.5, 0.6) is 0 Å². The minimum atomic E-state index is 0.162.